The lowest BCUT2D eigenvalue weighted by Crippen LogP contribution is -2.39. The first-order valence-electron chi connectivity index (χ1n) is 12.6. The molecule has 0 radical (unpaired) electrons. The van der Waals surface area contributed by atoms with E-state index < -0.39 is 6.04 Å². The predicted octanol–water partition coefficient (Wildman–Crippen LogP) is 2.86. The van der Waals surface area contributed by atoms with E-state index in [1.807, 2.05) is 12.1 Å². The van der Waals surface area contributed by atoms with Crippen LogP contribution in [-0.4, -0.2) is 63.6 Å². The van der Waals surface area contributed by atoms with Gasteiger partial charge in [0.25, 0.3) is 5.56 Å². The molecule has 10 heteroatoms. The average molecular weight is 503 g/mol. The van der Waals surface area contributed by atoms with E-state index in [2.05, 4.69) is 49.7 Å². The molecule has 37 heavy (non-hydrogen) atoms. The Morgan fingerprint density at radius 1 is 1.14 bits per heavy atom. The highest BCUT2D eigenvalue weighted by Gasteiger charge is 2.33. The van der Waals surface area contributed by atoms with Crippen LogP contribution in [0.15, 0.2) is 47.3 Å². The fraction of sp³-hybridized carbons (Fsp3) is 0.407. The predicted molar refractivity (Wildman–Crippen MR) is 137 cm³/mol. The molecule has 0 bridgehead atoms. The number of aromatic nitrogens is 5. The summed E-state index contributed by atoms with van der Waals surface area (Å²) in [5.41, 5.74) is 3.66. The summed E-state index contributed by atoms with van der Waals surface area (Å²) in [6.45, 7) is 2.78. The van der Waals surface area contributed by atoms with Gasteiger partial charge in [-0.1, -0.05) is 24.3 Å². The van der Waals surface area contributed by atoms with Crippen molar-refractivity contribution in [3.05, 3.63) is 75.3 Å². The topological polar surface area (TPSA) is 107 Å². The van der Waals surface area contributed by atoms with Crippen LogP contribution in [-0.2, 0) is 24.2 Å². The number of nitrogens with one attached hydrogen (secondary N) is 1. The van der Waals surface area contributed by atoms with Crippen molar-refractivity contribution in [1.29, 1.82) is 0 Å². The third-order valence-electron chi connectivity index (χ3n) is 7.40. The molecule has 6 rings (SSSR count). The molecule has 0 amide bonds. The number of tetrazole rings is 1. The Morgan fingerprint density at radius 2 is 1.95 bits per heavy atom. The van der Waals surface area contributed by atoms with Crippen molar-refractivity contribution in [2.45, 2.75) is 44.5 Å². The number of ether oxygens (including phenoxy) is 3. The number of pyridine rings is 1. The van der Waals surface area contributed by atoms with Crippen LogP contribution in [0.4, 0.5) is 0 Å². The average Bonchev–Trinajstić information content (AvgIpc) is 3.61. The molecule has 10 nitrogen and oxygen atoms in total. The molecule has 1 saturated heterocycles. The molecule has 1 N–H and O–H groups in total. The van der Waals surface area contributed by atoms with Crippen LogP contribution in [0.5, 0.6) is 11.5 Å². The molecule has 0 saturated carbocycles. The number of aromatic amines is 1. The fourth-order valence-corrected chi connectivity index (χ4v) is 5.51. The van der Waals surface area contributed by atoms with Gasteiger partial charge >= 0.3 is 0 Å². The highest BCUT2D eigenvalue weighted by molar-refractivity contribution is 5.83. The summed E-state index contributed by atoms with van der Waals surface area (Å²) >= 11 is 0. The number of H-pyrrole nitrogens is 1. The second-order valence-electron chi connectivity index (χ2n) is 9.59. The van der Waals surface area contributed by atoms with Crippen molar-refractivity contribution < 1.29 is 14.2 Å². The van der Waals surface area contributed by atoms with Gasteiger partial charge in [-0.05, 0) is 52.9 Å². The summed E-state index contributed by atoms with van der Waals surface area (Å²) in [4.78, 5) is 19.0. The minimum atomic E-state index is -0.439. The van der Waals surface area contributed by atoms with Crippen LogP contribution in [0.2, 0.25) is 0 Å². The van der Waals surface area contributed by atoms with Gasteiger partial charge in [-0.15, -0.1) is 5.10 Å². The summed E-state index contributed by atoms with van der Waals surface area (Å²) in [6.07, 6.45) is 2.96. The fourth-order valence-electron chi connectivity index (χ4n) is 5.51. The van der Waals surface area contributed by atoms with Gasteiger partial charge in [0, 0.05) is 36.7 Å². The Bertz CT molecular complexity index is 1480. The van der Waals surface area contributed by atoms with E-state index >= 15 is 0 Å². The highest BCUT2D eigenvalue weighted by Crippen LogP contribution is 2.35. The van der Waals surface area contributed by atoms with Gasteiger partial charge in [0.1, 0.15) is 6.04 Å². The summed E-state index contributed by atoms with van der Waals surface area (Å²) < 4.78 is 18.6. The van der Waals surface area contributed by atoms with Crippen molar-refractivity contribution in [3.63, 3.8) is 0 Å². The van der Waals surface area contributed by atoms with Gasteiger partial charge in [0.05, 0.1) is 32.4 Å². The number of benzene rings is 2. The van der Waals surface area contributed by atoms with E-state index in [9.17, 15) is 4.79 Å². The highest BCUT2D eigenvalue weighted by atomic mass is 16.5. The quantitative estimate of drug-likeness (QED) is 0.411. The van der Waals surface area contributed by atoms with E-state index in [1.165, 1.54) is 11.1 Å². The Kier molecular flexibility index (Phi) is 6.35. The molecule has 1 fully saturated rings. The Labute approximate surface area is 214 Å². The number of hydrogen-bond acceptors (Lipinski definition) is 8. The minimum absolute atomic E-state index is 0.0663. The molecule has 2 aromatic heterocycles. The largest absolute Gasteiger partial charge is 0.493 e. The summed E-state index contributed by atoms with van der Waals surface area (Å²) in [5.74, 6) is 1.79. The van der Waals surface area contributed by atoms with Gasteiger partial charge in [-0.3, -0.25) is 9.69 Å². The molecular formula is C27H30N6O4. The molecule has 2 aliphatic rings. The van der Waals surface area contributed by atoms with Gasteiger partial charge in [-0.2, -0.15) is 0 Å². The first-order chi connectivity index (χ1) is 18.1. The third kappa shape index (κ3) is 4.47. The second-order valence-corrected chi connectivity index (χ2v) is 9.59. The lowest BCUT2D eigenvalue weighted by Gasteiger charge is -2.35. The number of methoxy groups -OCH3 is 2. The standard InChI is InChI=1S/C27H30N6O4/c1-35-23-13-19-12-21(27(34)28-22(19)14-24(23)36-2)25(32-10-9-17-6-3-4-7-18(17)15-32)26-29-30-31-33(26)16-20-8-5-11-37-20/h3-4,6-7,12-14,20,25H,5,8-11,15-16H2,1-2H3,(H,28,34). The molecule has 0 spiro atoms. The van der Waals surface area contributed by atoms with Gasteiger partial charge in [0.15, 0.2) is 17.3 Å². The first-order valence-corrected chi connectivity index (χ1v) is 12.6. The van der Waals surface area contributed by atoms with Crippen LogP contribution in [0.1, 0.15) is 41.4 Å². The molecule has 2 aromatic carbocycles. The number of nitrogens with zero attached hydrogens (tertiary/aromatic N) is 5. The SMILES string of the molecule is COc1cc2cc(C(c3nnnn3CC3CCCO3)N3CCc4ccccc4C3)c(=O)[nH]c2cc1OC. The summed E-state index contributed by atoms with van der Waals surface area (Å²) in [5, 5.41) is 13.6. The van der Waals surface area contributed by atoms with Crippen LogP contribution in [0.3, 0.4) is 0 Å². The Morgan fingerprint density at radius 3 is 2.73 bits per heavy atom. The second kappa shape index (κ2) is 9.95. The number of rotatable bonds is 7. The van der Waals surface area contributed by atoms with Crippen molar-refractivity contribution in [1.82, 2.24) is 30.1 Å². The third-order valence-corrected chi connectivity index (χ3v) is 7.40. The van der Waals surface area contributed by atoms with Crippen molar-refractivity contribution in [3.8, 4) is 11.5 Å². The maximum absolute atomic E-state index is 13.6. The number of fused-ring (bicyclic) bond motifs is 2. The van der Waals surface area contributed by atoms with Crippen LogP contribution < -0.4 is 15.0 Å². The Hall–Kier alpha value is -3.76. The lowest BCUT2D eigenvalue weighted by atomic mass is 9.96. The molecule has 0 aliphatic carbocycles. The zero-order valence-corrected chi connectivity index (χ0v) is 21.0. The van der Waals surface area contributed by atoms with Crippen molar-refractivity contribution in [2.75, 3.05) is 27.4 Å². The maximum Gasteiger partial charge on any atom is 0.253 e. The van der Waals surface area contributed by atoms with Crippen LogP contribution >= 0.6 is 0 Å². The molecular weight excluding hydrogens is 472 g/mol. The van der Waals surface area contributed by atoms with E-state index in [4.69, 9.17) is 14.2 Å². The minimum Gasteiger partial charge on any atom is -0.493 e. The zero-order chi connectivity index (χ0) is 25.4. The lowest BCUT2D eigenvalue weighted by molar-refractivity contribution is 0.0904. The smallest absolute Gasteiger partial charge is 0.253 e. The number of hydrogen-bond donors (Lipinski definition) is 1. The van der Waals surface area contributed by atoms with Gasteiger partial charge in [-0.25, -0.2) is 4.68 Å². The first kappa shape index (κ1) is 23.6. The van der Waals surface area contributed by atoms with Gasteiger partial charge in [0.2, 0.25) is 0 Å². The molecule has 2 aliphatic heterocycles. The van der Waals surface area contributed by atoms with Gasteiger partial charge < -0.3 is 19.2 Å². The van der Waals surface area contributed by atoms with E-state index in [1.54, 1.807) is 25.0 Å². The monoisotopic (exact) mass is 502 g/mol. The molecule has 4 heterocycles. The van der Waals surface area contributed by atoms with E-state index in [-0.39, 0.29) is 11.7 Å². The van der Waals surface area contributed by atoms with Crippen molar-refractivity contribution in [2.24, 2.45) is 0 Å². The molecule has 192 valence electrons. The summed E-state index contributed by atoms with van der Waals surface area (Å²) in [6, 6.07) is 13.6. The molecule has 2 atom stereocenters. The van der Waals surface area contributed by atoms with E-state index in [0.29, 0.717) is 41.5 Å². The van der Waals surface area contributed by atoms with Crippen LogP contribution in [0.25, 0.3) is 10.9 Å². The molecule has 4 aromatic rings. The normalized spacial score (nSPS) is 18.6. The Balaban J connectivity index is 1.47. The summed E-state index contributed by atoms with van der Waals surface area (Å²) in [7, 11) is 3.18. The zero-order valence-electron chi connectivity index (χ0n) is 21.0. The van der Waals surface area contributed by atoms with E-state index in [0.717, 1.165) is 37.8 Å². The van der Waals surface area contributed by atoms with Crippen molar-refractivity contribution >= 4 is 10.9 Å². The maximum atomic E-state index is 13.6. The van der Waals surface area contributed by atoms with Crippen LogP contribution in [0, 0.1) is 0 Å². The molecule has 2 unspecified atom stereocenters.